The lowest BCUT2D eigenvalue weighted by atomic mass is 9.99. The molecule has 0 aliphatic rings. The molecule has 0 aliphatic heterocycles. The molecule has 0 bridgehead atoms. The molecule has 0 saturated carbocycles. The van der Waals surface area contributed by atoms with E-state index >= 15 is 0 Å². The average molecular weight is 337 g/mol. The van der Waals surface area contributed by atoms with E-state index in [0.717, 1.165) is 0 Å². The lowest BCUT2D eigenvalue weighted by molar-refractivity contribution is 1.12. The van der Waals surface area contributed by atoms with Gasteiger partial charge in [0.25, 0.3) is 0 Å². The van der Waals surface area contributed by atoms with Gasteiger partial charge in [0.1, 0.15) is 0 Å². The van der Waals surface area contributed by atoms with Crippen molar-refractivity contribution in [3.05, 3.63) is 60.2 Å². The smallest absolute Gasteiger partial charge is 0.0413 e. The van der Waals surface area contributed by atoms with Gasteiger partial charge in [-0.25, -0.2) is 0 Å². The Balaban J connectivity index is 1.99. The summed E-state index contributed by atoms with van der Waals surface area (Å²) in [5.74, 6) is 0. The number of rotatable bonds is 4. The van der Waals surface area contributed by atoms with Crippen molar-refractivity contribution in [2.24, 2.45) is 0 Å². The highest BCUT2D eigenvalue weighted by Gasteiger charge is 2.35. The van der Waals surface area contributed by atoms with Gasteiger partial charge in [-0.2, -0.15) is 0 Å². The van der Waals surface area contributed by atoms with Gasteiger partial charge < -0.3 is 0 Å². The Bertz CT molecular complexity index is 841. The topological polar surface area (TPSA) is 0 Å². The summed E-state index contributed by atoms with van der Waals surface area (Å²) in [4.78, 5) is 0. The van der Waals surface area contributed by atoms with Gasteiger partial charge in [0.2, 0.25) is 0 Å². The standard InChI is InChI=1S/C21H28Si2/c1-22(2,3)23(4,5)14-13-17-11-8-12-20-15-18-9-6-7-10-19(18)16-21(17)20/h6-12,15-16H,13-14H2,1-5H3. The van der Waals surface area contributed by atoms with Crippen molar-refractivity contribution >= 4 is 36.7 Å². The summed E-state index contributed by atoms with van der Waals surface area (Å²) in [5, 5.41) is 5.53. The van der Waals surface area contributed by atoms with Crippen LogP contribution in [0, 0.1) is 0 Å². The van der Waals surface area contributed by atoms with Crippen LogP contribution in [0.1, 0.15) is 5.56 Å². The minimum absolute atomic E-state index is 1.01. The first-order valence-electron chi connectivity index (χ1n) is 8.68. The van der Waals surface area contributed by atoms with Gasteiger partial charge >= 0.3 is 0 Å². The molecule has 0 heterocycles. The van der Waals surface area contributed by atoms with Crippen LogP contribution in [-0.4, -0.2) is 15.2 Å². The molecule has 2 heteroatoms. The van der Waals surface area contributed by atoms with Crippen molar-refractivity contribution in [1.82, 2.24) is 0 Å². The van der Waals surface area contributed by atoms with Gasteiger partial charge in [0.15, 0.2) is 0 Å². The van der Waals surface area contributed by atoms with E-state index in [1.54, 1.807) is 0 Å². The molecule has 0 amide bonds. The van der Waals surface area contributed by atoms with Gasteiger partial charge in [-0.3, -0.25) is 0 Å². The Morgan fingerprint density at radius 3 is 1.96 bits per heavy atom. The molecule has 120 valence electrons. The lowest BCUT2D eigenvalue weighted by Crippen LogP contribution is -2.52. The normalized spacial score (nSPS) is 12.9. The number of benzene rings is 3. The highest BCUT2D eigenvalue weighted by Crippen LogP contribution is 2.29. The molecule has 0 N–H and O–H groups in total. The maximum atomic E-state index is 2.60. The first-order chi connectivity index (χ1) is 10.8. The van der Waals surface area contributed by atoms with Crippen LogP contribution in [0.25, 0.3) is 21.5 Å². The van der Waals surface area contributed by atoms with Gasteiger partial charge in [0.05, 0.1) is 0 Å². The van der Waals surface area contributed by atoms with E-state index in [2.05, 4.69) is 87.3 Å². The first-order valence-corrected chi connectivity index (χ1v) is 16.4. The molecule has 0 radical (unpaired) electrons. The molecular weight excluding hydrogens is 308 g/mol. The average Bonchev–Trinajstić information content (AvgIpc) is 2.50. The molecule has 0 fully saturated rings. The third kappa shape index (κ3) is 3.29. The summed E-state index contributed by atoms with van der Waals surface area (Å²) < 4.78 is 0. The van der Waals surface area contributed by atoms with Gasteiger partial charge in [-0.15, -0.1) is 0 Å². The summed E-state index contributed by atoms with van der Waals surface area (Å²) in [7, 11) is -2.10. The summed E-state index contributed by atoms with van der Waals surface area (Å²) in [6.07, 6.45) is 1.24. The number of hydrogen-bond acceptors (Lipinski definition) is 0. The Morgan fingerprint density at radius 1 is 0.696 bits per heavy atom. The van der Waals surface area contributed by atoms with E-state index in [9.17, 15) is 0 Å². The van der Waals surface area contributed by atoms with E-state index in [-0.39, 0.29) is 0 Å². The van der Waals surface area contributed by atoms with Crippen molar-refractivity contribution in [3.63, 3.8) is 0 Å². The second-order valence-corrected chi connectivity index (χ2v) is 25.8. The zero-order chi connectivity index (χ0) is 16.7. The molecule has 0 nitrogen and oxygen atoms in total. The Morgan fingerprint density at radius 2 is 1.30 bits per heavy atom. The molecular formula is C21H28Si2. The van der Waals surface area contributed by atoms with Crippen molar-refractivity contribution in [3.8, 4) is 0 Å². The Kier molecular flexibility index (Phi) is 4.24. The fourth-order valence-electron chi connectivity index (χ4n) is 3.07. The predicted octanol–water partition coefficient (Wildman–Crippen LogP) is 6.66. The molecule has 0 atom stereocenters. The van der Waals surface area contributed by atoms with E-state index in [4.69, 9.17) is 0 Å². The van der Waals surface area contributed by atoms with Gasteiger partial charge in [-0.05, 0) is 45.7 Å². The molecule has 0 aliphatic carbocycles. The van der Waals surface area contributed by atoms with Crippen LogP contribution in [0.5, 0.6) is 0 Å². The maximum Gasteiger partial charge on any atom is 0.0413 e. The second kappa shape index (κ2) is 5.92. The molecule has 23 heavy (non-hydrogen) atoms. The van der Waals surface area contributed by atoms with Crippen molar-refractivity contribution < 1.29 is 0 Å². The highest BCUT2D eigenvalue weighted by atomic mass is 29.3. The fourth-order valence-corrected chi connectivity index (χ4v) is 7.34. The van der Waals surface area contributed by atoms with Crippen LogP contribution in [-0.2, 0) is 6.42 Å². The highest BCUT2D eigenvalue weighted by molar-refractivity contribution is 7.40. The fraction of sp³-hybridized carbons (Fsp3) is 0.333. The monoisotopic (exact) mass is 336 g/mol. The molecule has 3 aromatic carbocycles. The number of fused-ring (bicyclic) bond motifs is 2. The van der Waals surface area contributed by atoms with Gasteiger partial charge in [0, 0.05) is 15.2 Å². The molecule has 0 saturated heterocycles. The Labute approximate surface area is 142 Å². The van der Waals surface area contributed by atoms with Crippen molar-refractivity contribution in [2.45, 2.75) is 45.2 Å². The zero-order valence-electron chi connectivity index (χ0n) is 15.1. The van der Waals surface area contributed by atoms with Crippen LogP contribution in [0.4, 0.5) is 0 Å². The molecule has 0 aromatic heterocycles. The number of hydrogen-bond donors (Lipinski definition) is 0. The molecule has 0 unspecified atom stereocenters. The minimum atomic E-state index is -1.09. The molecule has 3 aromatic rings. The van der Waals surface area contributed by atoms with Crippen LogP contribution < -0.4 is 0 Å². The zero-order valence-corrected chi connectivity index (χ0v) is 17.1. The quantitative estimate of drug-likeness (QED) is 0.369. The van der Waals surface area contributed by atoms with E-state index < -0.39 is 15.2 Å². The number of aryl methyl sites for hydroxylation is 1. The van der Waals surface area contributed by atoms with Crippen molar-refractivity contribution in [2.75, 3.05) is 0 Å². The third-order valence-corrected chi connectivity index (χ3v) is 24.4. The summed E-state index contributed by atoms with van der Waals surface area (Å²) >= 11 is 0. The van der Waals surface area contributed by atoms with E-state index in [1.165, 1.54) is 39.6 Å². The van der Waals surface area contributed by atoms with E-state index in [1.807, 2.05) is 0 Å². The summed E-state index contributed by atoms with van der Waals surface area (Å²) in [5.41, 5.74) is 1.53. The summed E-state index contributed by atoms with van der Waals surface area (Å²) in [6.45, 7) is 12.8. The van der Waals surface area contributed by atoms with E-state index in [0.29, 0.717) is 0 Å². The van der Waals surface area contributed by atoms with Gasteiger partial charge in [-0.1, -0.05) is 81.2 Å². The molecule has 3 rings (SSSR count). The maximum absolute atomic E-state index is 2.60. The SMILES string of the molecule is C[Si](C)(C)[Si](C)(C)CCc1cccc2cc3ccccc3cc12. The van der Waals surface area contributed by atoms with Crippen LogP contribution >= 0.6 is 0 Å². The summed E-state index contributed by atoms with van der Waals surface area (Å²) in [6, 6.07) is 21.7. The lowest BCUT2D eigenvalue weighted by Gasteiger charge is -2.35. The largest absolute Gasteiger partial charge is 0.0715 e. The second-order valence-electron chi connectivity index (χ2n) is 8.47. The first kappa shape index (κ1) is 16.5. The van der Waals surface area contributed by atoms with Crippen molar-refractivity contribution in [1.29, 1.82) is 0 Å². The van der Waals surface area contributed by atoms with Crippen LogP contribution in [0.15, 0.2) is 54.6 Å². The molecule has 0 spiro atoms. The third-order valence-electron chi connectivity index (χ3n) is 5.89. The Hall–Kier alpha value is -1.39. The minimum Gasteiger partial charge on any atom is -0.0715 e. The predicted molar refractivity (Wildman–Crippen MR) is 111 cm³/mol. The van der Waals surface area contributed by atoms with Crippen LogP contribution in [0.2, 0.25) is 38.8 Å². The van der Waals surface area contributed by atoms with Crippen LogP contribution in [0.3, 0.4) is 0 Å².